The molecule has 2 atom stereocenters. The van der Waals surface area contributed by atoms with E-state index in [1.165, 1.54) is 28.9 Å². The molecule has 1 saturated heterocycles. The summed E-state index contributed by atoms with van der Waals surface area (Å²) in [5.41, 5.74) is 4.95. The van der Waals surface area contributed by atoms with Crippen molar-refractivity contribution in [2.24, 2.45) is 0 Å². The SMILES string of the molecule is Cc1cc(C)c(C(O)C2CCCS2)cc1C. The van der Waals surface area contributed by atoms with E-state index in [0.29, 0.717) is 5.25 Å². The Balaban J connectivity index is 2.28. The number of benzene rings is 1. The van der Waals surface area contributed by atoms with Crippen molar-refractivity contribution in [2.75, 3.05) is 5.75 Å². The van der Waals surface area contributed by atoms with Gasteiger partial charge in [-0.3, -0.25) is 0 Å². The van der Waals surface area contributed by atoms with Crippen molar-refractivity contribution in [1.82, 2.24) is 0 Å². The highest BCUT2D eigenvalue weighted by atomic mass is 32.2. The third-order valence-corrected chi connectivity index (χ3v) is 4.96. The van der Waals surface area contributed by atoms with Gasteiger partial charge in [0.15, 0.2) is 0 Å². The first-order valence-electron chi connectivity index (χ1n) is 5.97. The zero-order chi connectivity index (χ0) is 11.7. The Morgan fingerprint density at radius 2 is 1.88 bits per heavy atom. The van der Waals surface area contributed by atoms with Crippen LogP contribution in [0.1, 0.15) is 41.2 Å². The fraction of sp³-hybridized carbons (Fsp3) is 0.571. The molecule has 2 unspecified atom stereocenters. The molecule has 1 fully saturated rings. The van der Waals surface area contributed by atoms with Crippen molar-refractivity contribution in [3.8, 4) is 0 Å². The number of aryl methyl sites for hydroxylation is 3. The summed E-state index contributed by atoms with van der Waals surface area (Å²) in [4.78, 5) is 0. The van der Waals surface area contributed by atoms with Gasteiger partial charge < -0.3 is 5.11 Å². The smallest absolute Gasteiger partial charge is 0.0911 e. The molecule has 0 aromatic heterocycles. The molecule has 1 aromatic rings. The first kappa shape index (κ1) is 12.0. The third kappa shape index (κ3) is 2.28. The van der Waals surface area contributed by atoms with Gasteiger partial charge in [0.25, 0.3) is 0 Å². The Morgan fingerprint density at radius 1 is 1.19 bits per heavy atom. The van der Waals surface area contributed by atoms with Crippen LogP contribution in [0.15, 0.2) is 12.1 Å². The van der Waals surface area contributed by atoms with Crippen LogP contribution in [0, 0.1) is 20.8 Å². The molecule has 1 aromatic carbocycles. The molecule has 0 bridgehead atoms. The summed E-state index contributed by atoms with van der Waals surface area (Å²) < 4.78 is 0. The lowest BCUT2D eigenvalue weighted by Crippen LogP contribution is -2.13. The molecule has 0 spiro atoms. The van der Waals surface area contributed by atoms with Crippen LogP contribution < -0.4 is 0 Å². The van der Waals surface area contributed by atoms with E-state index in [4.69, 9.17) is 0 Å². The summed E-state index contributed by atoms with van der Waals surface area (Å²) in [6.45, 7) is 6.35. The minimum atomic E-state index is -0.285. The van der Waals surface area contributed by atoms with Crippen molar-refractivity contribution in [1.29, 1.82) is 0 Å². The second-order valence-corrected chi connectivity index (χ2v) is 6.14. The van der Waals surface area contributed by atoms with Crippen LogP contribution in [0.5, 0.6) is 0 Å². The maximum atomic E-state index is 10.4. The molecule has 88 valence electrons. The van der Waals surface area contributed by atoms with E-state index in [0.717, 1.165) is 12.0 Å². The third-order valence-electron chi connectivity index (χ3n) is 3.52. The van der Waals surface area contributed by atoms with Gasteiger partial charge in [0.05, 0.1) is 6.10 Å². The Morgan fingerprint density at radius 3 is 2.50 bits per heavy atom. The van der Waals surface area contributed by atoms with Crippen LogP contribution in [0.4, 0.5) is 0 Å². The van der Waals surface area contributed by atoms with Gasteiger partial charge in [-0.05, 0) is 61.6 Å². The van der Waals surface area contributed by atoms with Crippen molar-refractivity contribution >= 4 is 11.8 Å². The molecule has 0 saturated carbocycles. The number of aliphatic hydroxyl groups is 1. The maximum absolute atomic E-state index is 10.4. The molecule has 1 aliphatic heterocycles. The van der Waals surface area contributed by atoms with Crippen LogP contribution in [-0.2, 0) is 0 Å². The molecular weight excluding hydrogens is 216 g/mol. The first-order valence-corrected chi connectivity index (χ1v) is 7.02. The van der Waals surface area contributed by atoms with E-state index in [1.807, 2.05) is 11.8 Å². The Hall–Kier alpha value is -0.470. The lowest BCUT2D eigenvalue weighted by Gasteiger charge is -2.20. The Labute approximate surface area is 102 Å². The first-order chi connectivity index (χ1) is 7.59. The predicted molar refractivity (Wildman–Crippen MR) is 71.1 cm³/mol. The minimum absolute atomic E-state index is 0.285. The van der Waals surface area contributed by atoms with Crippen molar-refractivity contribution in [2.45, 2.75) is 45.0 Å². The van der Waals surface area contributed by atoms with Crippen LogP contribution in [0.2, 0.25) is 0 Å². The largest absolute Gasteiger partial charge is 0.387 e. The molecule has 2 heteroatoms. The van der Waals surface area contributed by atoms with Gasteiger partial charge in [0.1, 0.15) is 0 Å². The fourth-order valence-corrected chi connectivity index (χ4v) is 3.65. The monoisotopic (exact) mass is 236 g/mol. The topological polar surface area (TPSA) is 20.2 Å². The lowest BCUT2D eigenvalue weighted by atomic mass is 9.95. The molecule has 1 aliphatic rings. The van der Waals surface area contributed by atoms with Gasteiger partial charge in [0.2, 0.25) is 0 Å². The van der Waals surface area contributed by atoms with Crippen LogP contribution in [0.3, 0.4) is 0 Å². The molecule has 1 N–H and O–H groups in total. The van der Waals surface area contributed by atoms with Gasteiger partial charge in [-0.1, -0.05) is 12.1 Å². The molecular formula is C14H20OS. The highest BCUT2D eigenvalue weighted by molar-refractivity contribution is 8.00. The van der Waals surface area contributed by atoms with Gasteiger partial charge in [-0.15, -0.1) is 0 Å². The van der Waals surface area contributed by atoms with E-state index >= 15 is 0 Å². The standard InChI is InChI=1S/C14H20OS/c1-9-7-11(3)12(8-10(9)2)14(15)13-5-4-6-16-13/h7-8,13-15H,4-6H2,1-3H3. The number of rotatable bonds is 2. The summed E-state index contributed by atoms with van der Waals surface area (Å²) in [7, 11) is 0. The summed E-state index contributed by atoms with van der Waals surface area (Å²) in [6, 6.07) is 4.35. The zero-order valence-corrected chi connectivity index (χ0v) is 11.1. The average molecular weight is 236 g/mol. The van der Waals surface area contributed by atoms with E-state index in [9.17, 15) is 5.11 Å². The molecule has 0 amide bonds. The highest BCUT2D eigenvalue weighted by Gasteiger charge is 2.26. The fourth-order valence-electron chi connectivity index (χ4n) is 2.35. The Kier molecular flexibility index (Phi) is 3.60. The summed E-state index contributed by atoms with van der Waals surface area (Å²) in [5, 5.41) is 10.8. The van der Waals surface area contributed by atoms with E-state index in [2.05, 4.69) is 32.9 Å². The summed E-state index contributed by atoms with van der Waals surface area (Å²) in [5.74, 6) is 1.20. The van der Waals surface area contributed by atoms with Crippen molar-refractivity contribution < 1.29 is 5.11 Å². The highest BCUT2D eigenvalue weighted by Crippen LogP contribution is 2.37. The number of thioether (sulfide) groups is 1. The second-order valence-electron chi connectivity index (χ2n) is 4.79. The Bertz CT molecular complexity index is 381. The van der Waals surface area contributed by atoms with Crippen LogP contribution >= 0.6 is 11.8 Å². The summed E-state index contributed by atoms with van der Waals surface area (Å²) in [6.07, 6.45) is 2.11. The number of hydrogen-bond acceptors (Lipinski definition) is 2. The molecule has 0 aliphatic carbocycles. The van der Waals surface area contributed by atoms with Crippen molar-refractivity contribution in [3.63, 3.8) is 0 Å². The van der Waals surface area contributed by atoms with E-state index < -0.39 is 0 Å². The van der Waals surface area contributed by atoms with Crippen molar-refractivity contribution in [3.05, 3.63) is 34.4 Å². The zero-order valence-electron chi connectivity index (χ0n) is 10.3. The van der Waals surface area contributed by atoms with E-state index in [1.54, 1.807) is 0 Å². The lowest BCUT2D eigenvalue weighted by molar-refractivity contribution is 0.172. The van der Waals surface area contributed by atoms with Gasteiger partial charge in [-0.25, -0.2) is 0 Å². The molecule has 0 radical (unpaired) electrons. The maximum Gasteiger partial charge on any atom is 0.0911 e. The summed E-state index contributed by atoms with van der Waals surface area (Å²) >= 11 is 1.91. The molecule has 1 nitrogen and oxygen atoms in total. The molecule has 2 rings (SSSR count). The normalized spacial score (nSPS) is 22.4. The predicted octanol–water partition coefficient (Wildman–Crippen LogP) is 3.54. The van der Waals surface area contributed by atoms with Crippen LogP contribution in [0.25, 0.3) is 0 Å². The van der Waals surface area contributed by atoms with Crippen LogP contribution in [-0.4, -0.2) is 16.1 Å². The molecule has 16 heavy (non-hydrogen) atoms. The minimum Gasteiger partial charge on any atom is -0.387 e. The van der Waals surface area contributed by atoms with Gasteiger partial charge in [0, 0.05) is 5.25 Å². The quantitative estimate of drug-likeness (QED) is 0.847. The number of aliphatic hydroxyl groups excluding tert-OH is 1. The second kappa shape index (κ2) is 4.80. The van der Waals surface area contributed by atoms with Gasteiger partial charge in [-0.2, -0.15) is 11.8 Å². The van der Waals surface area contributed by atoms with E-state index in [-0.39, 0.29) is 6.10 Å². The number of hydrogen-bond donors (Lipinski definition) is 1. The average Bonchev–Trinajstić information content (AvgIpc) is 2.75. The van der Waals surface area contributed by atoms with Gasteiger partial charge >= 0.3 is 0 Å². The molecule has 1 heterocycles.